The maximum atomic E-state index is 5.42. The molecule has 2 nitrogen and oxygen atoms in total. The molecule has 0 unspecified atom stereocenters. The molecule has 1 saturated heterocycles. The molecule has 0 radical (unpaired) electrons. The van der Waals surface area contributed by atoms with Gasteiger partial charge in [0.2, 0.25) is 0 Å². The van der Waals surface area contributed by atoms with Crippen LogP contribution < -0.4 is 4.90 Å². The summed E-state index contributed by atoms with van der Waals surface area (Å²) in [6.45, 7) is 4.55. The number of rotatable bonds is 1. The zero-order valence-electron chi connectivity index (χ0n) is 8.30. The van der Waals surface area contributed by atoms with Crippen LogP contribution in [0, 0.1) is 11.8 Å². The van der Waals surface area contributed by atoms with Gasteiger partial charge in [-0.3, -0.25) is 0 Å². The van der Waals surface area contributed by atoms with Gasteiger partial charge >= 0.3 is 0 Å². The topological polar surface area (TPSA) is 13.7 Å². The molecule has 3 aliphatic rings. The van der Waals surface area contributed by atoms with Crippen molar-refractivity contribution in [2.75, 3.05) is 26.3 Å². The zero-order chi connectivity index (χ0) is 8.67. The van der Waals surface area contributed by atoms with E-state index >= 15 is 0 Å². The van der Waals surface area contributed by atoms with Gasteiger partial charge in [-0.2, -0.15) is 0 Å². The van der Waals surface area contributed by atoms with Crippen LogP contribution in [0.4, 0.5) is 0 Å². The van der Waals surface area contributed by atoms with Gasteiger partial charge in [-0.25, -0.2) is 0 Å². The van der Waals surface area contributed by atoms with E-state index in [9.17, 15) is 0 Å². The molecule has 0 aromatic carbocycles. The van der Waals surface area contributed by atoms with Gasteiger partial charge in [0.25, 0.3) is 0 Å². The van der Waals surface area contributed by atoms with Crippen molar-refractivity contribution >= 4 is 0 Å². The van der Waals surface area contributed by atoms with E-state index < -0.39 is 0 Å². The second-order valence-electron chi connectivity index (χ2n) is 5.05. The summed E-state index contributed by atoms with van der Waals surface area (Å²) < 4.78 is 5.42. The molecule has 1 aliphatic heterocycles. The molecule has 2 saturated carbocycles. The van der Waals surface area contributed by atoms with Crippen LogP contribution in [0.25, 0.3) is 0 Å². The Bertz CT molecular complexity index is 189. The standard InChI is InChI=1S/C11H19NO/c1-2-10-7-9(1)8-11(10)12-3-5-13-6-4-12/h9-11H,1-8H2/p+1/t9-,10+,11-/m0/s1. The maximum absolute atomic E-state index is 5.42. The molecule has 3 rings (SSSR count). The van der Waals surface area contributed by atoms with Gasteiger partial charge in [0.1, 0.15) is 13.1 Å². The average Bonchev–Trinajstić information content (AvgIpc) is 2.80. The molecular formula is C11H20NO+. The van der Waals surface area contributed by atoms with Crippen LogP contribution in [0.15, 0.2) is 0 Å². The quantitative estimate of drug-likeness (QED) is 0.607. The lowest BCUT2D eigenvalue weighted by Crippen LogP contribution is -3.18. The number of morpholine rings is 1. The Morgan fingerprint density at radius 2 is 1.85 bits per heavy atom. The third kappa shape index (κ3) is 1.40. The number of nitrogens with one attached hydrogen (secondary N) is 1. The van der Waals surface area contributed by atoms with Crippen molar-refractivity contribution in [3.63, 3.8) is 0 Å². The summed E-state index contributed by atoms with van der Waals surface area (Å²) in [5.41, 5.74) is 0. The van der Waals surface area contributed by atoms with Crippen molar-refractivity contribution in [2.24, 2.45) is 11.8 Å². The molecule has 0 spiro atoms. The predicted molar refractivity (Wildman–Crippen MR) is 50.8 cm³/mol. The summed E-state index contributed by atoms with van der Waals surface area (Å²) in [5, 5.41) is 0. The number of ether oxygens (including phenoxy) is 1. The molecule has 1 heterocycles. The lowest BCUT2D eigenvalue weighted by molar-refractivity contribution is -0.936. The third-order valence-electron chi connectivity index (χ3n) is 4.40. The Hall–Kier alpha value is -0.0800. The largest absolute Gasteiger partial charge is 0.370 e. The van der Waals surface area contributed by atoms with Gasteiger partial charge in [-0.05, 0) is 25.2 Å². The second kappa shape index (κ2) is 3.25. The van der Waals surface area contributed by atoms with E-state index in [1.165, 1.54) is 32.4 Å². The number of quaternary nitrogens is 1. The fourth-order valence-corrected chi connectivity index (χ4v) is 3.75. The molecule has 0 aromatic rings. The molecular weight excluding hydrogens is 162 g/mol. The Balaban J connectivity index is 1.65. The highest BCUT2D eigenvalue weighted by Gasteiger charge is 2.45. The minimum Gasteiger partial charge on any atom is -0.370 e. The van der Waals surface area contributed by atoms with Gasteiger partial charge in [-0.1, -0.05) is 0 Å². The van der Waals surface area contributed by atoms with E-state index in [0.29, 0.717) is 0 Å². The first kappa shape index (κ1) is 8.25. The Labute approximate surface area is 80.2 Å². The van der Waals surface area contributed by atoms with Crippen LogP contribution in [0.3, 0.4) is 0 Å². The zero-order valence-corrected chi connectivity index (χ0v) is 8.30. The molecule has 2 heteroatoms. The first-order valence-corrected chi connectivity index (χ1v) is 5.86. The fourth-order valence-electron chi connectivity index (χ4n) is 3.75. The van der Waals surface area contributed by atoms with Crippen molar-refractivity contribution in [1.29, 1.82) is 0 Å². The number of fused-ring (bicyclic) bond motifs is 2. The van der Waals surface area contributed by atoms with Crippen LogP contribution in [0.2, 0.25) is 0 Å². The Morgan fingerprint density at radius 1 is 1.00 bits per heavy atom. The highest BCUT2D eigenvalue weighted by Crippen LogP contribution is 2.43. The van der Waals surface area contributed by atoms with Gasteiger partial charge in [0.15, 0.2) is 0 Å². The third-order valence-corrected chi connectivity index (χ3v) is 4.40. The molecule has 2 aliphatic carbocycles. The Morgan fingerprint density at radius 3 is 2.46 bits per heavy atom. The SMILES string of the molecule is C1C[NH+]([C@H]2C[C@H]3CC[C@@H]2C3)CCO1. The number of hydrogen-bond donors (Lipinski definition) is 1. The Kier molecular flexibility index (Phi) is 2.06. The smallest absolute Gasteiger partial charge is 0.101 e. The molecule has 2 bridgehead atoms. The summed E-state index contributed by atoms with van der Waals surface area (Å²) >= 11 is 0. The van der Waals surface area contributed by atoms with Crippen molar-refractivity contribution < 1.29 is 9.64 Å². The second-order valence-corrected chi connectivity index (χ2v) is 5.05. The van der Waals surface area contributed by atoms with Crippen molar-refractivity contribution in [3.05, 3.63) is 0 Å². The monoisotopic (exact) mass is 182 g/mol. The van der Waals surface area contributed by atoms with Crippen molar-refractivity contribution in [2.45, 2.75) is 31.7 Å². The first-order valence-electron chi connectivity index (χ1n) is 5.86. The van der Waals surface area contributed by atoms with Crippen LogP contribution >= 0.6 is 0 Å². The van der Waals surface area contributed by atoms with Crippen LogP contribution in [-0.2, 0) is 4.74 Å². The molecule has 74 valence electrons. The summed E-state index contributed by atoms with van der Waals surface area (Å²) in [7, 11) is 0. The molecule has 1 N–H and O–H groups in total. The van der Waals surface area contributed by atoms with Crippen LogP contribution in [-0.4, -0.2) is 32.3 Å². The minimum absolute atomic E-state index is 1.00. The highest BCUT2D eigenvalue weighted by atomic mass is 16.5. The van der Waals surface area contributed by atoms with Crippen molar-refractivity contribution in [1.82, 2.24) is 0 Å². The molecule has 0 amide bonds. The van der Waals surface area contributed by atoms with Crippen LogP contribution in [0.5, 0.6) is 0 Å². The summed E-state index contributed by atoms with van der Waals surface area (Å²) in [4.78, 5) is 1.86. The van der Waals surface area contributed by atoms with Gasteiger partial charge < -0.3 is 9.64 Å². The number of hydrogen-bond acceptors (Lipinski definition) is 1. The van der Waals surface area contributed by atoms with E-state index in [-0.39, 0.29) is 0 Å². The predicted octanol–water partition coefficient (Wildman–Crippen LogP) is 0.0901. The molecule has 3 fully saturated rings. The van der Waals surface area contributed by atoms with Crippen molar-refractivity contribution in [3.8, 4) is 0 Å². The minimum atomic E-state index is 1.00. The van der Waals surface area contributed by atoms with E-state index in [2.05, 4.69) is 0 Å². The summed E-state index contributed by atoms with van der Waals surface area (Å²) in [5.74, 6) is 2.18. The normalized spacial score (nSPS) is 45.7. The van der Waals surface area contributed by atoms with E-state index in [0.717, 1.165) is 31.1 Å². The van der Waals surface area contributed by atoms with Crippen LogP contribution in [0.1, 0.15) is 25.7 Å². The van der Waals surface area contributed by atoms with E-state index in [4.69, 9.17) is 4.74 Å². The van der Waals surface area contributed by atoms with E-state index in [1.54, 1.807) is 6.42 Å². The maximum Gasteiger partial charge on any atom is 0.101 e. The van der Waals surface area contributed by atoms with Gasteiger partial charge in [0.05, 0.1) is 19.3 Å². The highest BCUT2D eigenvalue weighted by molar-refractivity contribution is 4.90. The van der Waals surface area contributed by atoms with Gasteiger partial charge in [-0.15, -0.1) is 0 Å². The van der Waals surface area contributed by atoms with Gasteiger partial charge in [0, 0.05) is 12.3 Å². The molecule has 13 heavy (non-hydrogen) atoms. The molecule has 0 aromatic heterocycles. The molecule has 3 atom stereocenters. The lowest BCUT2D eigenvalue weighted by Gasteiger charge is -2.33. The average molecular weight is 182 g/mol. The summed E-state index contributed by atoms with van der Waals surface area (Å²) in [6, 6.07) is 1.02. The lowest BCUT2D eigenvalue weighted by atomic mass is 9.94. The fraction of sp³-hybridized carbons (Fsp3) is 1.00. The van der Waals surface area contributed by atoms with E-state index in [1.807, 2.05) is 4.90 Å². The first-order chi connectivity index (χ1) is 6.43. The summed E-state index contributed by atoms with van der Waals surface area (Å²) in [6.07, 6.45) is 6.14.